The van der Waals surface area contributed by atoms with Crippen LogP contribution in [0.4, 0.5) is 0 Å². The topological polar surface area (TPSA) is 132 Å². The lowest BCUT2D eigenvalue weighted by Crippen LogP contribution is -2.29. The summed E-state index contributed by atoms with van der Waals surface area (Å²) in [6, 6.07) is 0. The van der Waals surface area contributed by atoms with Gasteiger partial charge in [0, 0.05) is 13.0 Å². The first-order valence-electron chi connectivity index (χ1n) is 20.0. The Morgan fingerprint density at radius 1 is 0.562 bits per heavy atom. The van der Waals surface area contributed by atoms with Gasteiger partial charge < -0.3 is 24.6 Å². The summed E-state index contributed by atoms with van der Waals surface area (Å²) in [4.78, 5) is 22.4. The molecule has 0 aromatic rings. The number of aliphatic hydroxyl groups excluding tert-OH is 2. The van der Waals surface area contributed by atoms with Crippen molar-refractivity contribution in [3.05, 3.63) is 0 Å². The molecular weight excluding hydrogens is 631 g/mol. The van der Waals surface area contributed by atoms with Gasteiger partial charge in [0.05, 0.1) is 26.4 Å². The molecule has 10 heteroatoms. The van der Waals surface area contributed by atoms with Crippen LogP contribution in [-0.2, 0) is 27.9 Å². The van der Waals surface area contributed by atoms with Gasteiger partial charge in [-0.15, -0.1) is 0 Å². The molecule has 48 heavy (non-hydrogen) atoms. The molecule has 0 amide bonds. The van der Waals surface area contributed by atoms with E-state index in [1.54, 1.807) is 0 Å². The fourth-order valence-electron chi connectivity index (χ4n) is 5.71. The molecule has 0 aromatic heterocycles. The second kappa shape index (κ2) is 36.3. The molecule has 0 bridgehead atoms. The predicted octanol–water partition coefficient (Wildman–Crippen LogP) is 10.4. The van der Waals surface area contributed by atoms with Gasteiger partial charge in [-0.05, 0) is 12.8 Å². The summed E-state index contributed by atoms with van der Waals surface area (Å²) >= 11 is 0. The molecule has 0 aliphatic rings. The van der Waals surface area contributed by atoms with Gasteiger partial charge in [-0.1, -0.05) is 174 Å². The normalized spacial score (nSPS) is 14.2. The minimum atomic E-state index is -4.50. The number of esters is 1. The van der Waals surface area contributed by atoms with E-state index in [4.69, 9.17) is 23.6 Å². The summed E-state index contributed by atoms with van der Waals surface area (Å²) < 4.78 is 33.3. The Hall–Kier alpha value is -0.540. The third-order valence-electron chi connectivity index (χ3n) is 8.79. The standard InChI is InChI=1S/C38H77O9P/c1-3-5-7-9-11-13-15-16-17-18-19-21-23-25-27-29-31-44-34-37(35-46-48(42,43)45-33-36(40)32-39)47-38(41)30-28-26-24-22-20-14-12-10-8-6-4-2/h36-37,39-40H,3-35H2,1-2H3,(H,42,43). The molecule has 0 aliphatic heterocycles. The molecule has 3 N–H and O–H groups in total. The van der Waals surface area contributed by atoms with Crippen molar-refractivity contribution in [2.75, 3.05) is 33.0 Å². The average Bonchev–Trinajstić information content (AvgIpc) is 3.07. The van der Waals surface area contributed by atoms with Crippen LogP contribution in [0.1, 0.15) is 194 Å². The molecule has 0 radical (unpaired) electrons. The zero-order valence-corrected chi connectivity index (χ0v) is 32.1. The quantitative estimate of drug-likeness (QED) is 0.0324. The van der Waals surface area contributed by atoms with E-state index in [-0.39, 0.29) is 25.6 Å². The minimum absolute atomic E-state index is 0.0575. The predicted molar refractivity (Wildman–Crippen MR) is 196 cm³/mol. The van der Waals surface area contributed by atoms with Gasteiger partial charge in [-0.3, -0.25) is 13.8 Å². The van der Waals surface area contributed by atoms with E-state index >= 15 is 0 Å². The lowest BCUT2D eigenvalue weighted by Gasteiger charge is -2.20. The fraction of sp³-hybridized carbons (Fsp3) is 0.974. The van der Waals surface area contributed by atoms with Crippen molar-refractivity contribution in [3.63, 3.8) is 0 Å². The lowest BCUT2D eigenvalue weighted by molar-refractivity contribution is -0.154. The van der Waals surface area contributed by atoms with Gasteiger partial charge in [-0.25, -0.2) is 4.57 Å². The fourth-order valence-corrected chi connectivity index (χ4v) is 6.50. The van der Waals surface area contributed by atoms with Crippen molar-refractivity contribution in [2.45, 2.75) is 206 Å². The van der Waals surface area contributed by atoms with Crippen LogP contribution in [0.25, 0.3) is 0 Å². The molecule has 0 aromatic carbocycles. The van der Waals surface area contributed by atoms with Gasteiger partial charge in [0.2, 0.25) is 0 Å². The summed E-state index contributed by atoms with van der Waals surface area (Å²) in [6.45, 7) is 3.55. The first-order valence-corrected chi connectivity index (χ1v) is 21.5. The molecule has 288 valence electrons. The highest BCUT2D eigenvalue weighted by atomic mass is 31.2. The smallest absolute Gasteiger partial charge is 0.457 e. The van der Waals surface area contributed by atoms with Crippen molar-refractivity contribution >= 4 is 13.8 Å². The van der Waals surface area contributed by atoms with E-state index in [9.17, 15) is 19.4 Å². The van der Waals surface area contributed by atoms with E-state index in [0.29, 0.717) is 6.61 Å². The number of hydrogen-bond acceptors (Lipinski definition) is 8. The van der Waals surface area contributed by atoms with Crippen LogP contribution in [0.15, 0.2) is 0 Å². The highest BCUT2D eigenvalue weighted by molar-refractivity contribution is 7.47. The highest BCUT2D eigenvalue weighted by Crippen LogP contribution is 2.43. The second-order valence-electron chi connectivity index (χ2n) is 13.7. The molecule has 3 unspecified atom stereocenters. The molecule has 9 nitrogen and oxygen atoms in total. The highest BCUT2D eigenvalue weighted by Gasteiger charge is 2.26. The monoisotopic (exact) mass is 709 g/mol. The van der Waals surface area contributed by atoms with Crippen molar-refractivity contribution < 1.29 is 43.0 Å². The van der Waals surface area contributed by atoms with Crippen LogP contribution >= 0.6 is 7.82 Å². The SMILES string of the molecule is CCCCCCCCCCCCCCCCCCOCC(COP(=O)(O)OCC(O)CO)OC(=O)CCCCCCCCCCCCC. The Morgan fingerprint density at radius 2 is 0.938 bits per heavy atom. The van der Waals surface area contributed by atoms with Gasteiger partial charge >= 0.3 is 13.8 Å². The van der Waals surface area contributed by atoms with E-state index in [2.05, 4.69) is 13.8 Å². The van der Waals surface area contributed by atoms with Gasteiger partial charge in [0.15, 0.2) is 0 Å². The largest absolute Gasteiger partial charge is 0.472 e. The average molecular weight is 709 g/mol. The van der Waals surface area contributed by atoms with Crippen molar-refractivity contribution in [1.82, 2.24) is 0 Å². The van der Waals surface area contributed by atoms with E-state index < -0.39 is 33.2 Å². The summed E-state index contributed by atoms with van der Waals surface area (Å²) in [5.74, 6) is -0.380. The first kappa shape index (κ1) is 47.5. The maximum absolute atomic E-state index is 12.5. The summed E-state index contributed by atoms with van der Waals surface area (Å²) in [7, 11) is -4.50. The first-order chi connectivity index (χ1) is 23.3. The number of carbonyl (C=O) groups is 1. The Balaban J connectivity index is 4.14. The van der Waals surface area contributed by atoms with Crippen LogP contribution in [0.2, 0.25) is 0 Å². The Morgan fingerprint density at radius 3 is 1.35 bits per heavy atom. The van der Waals surface area contributed by atoms with Crippen LogP contribution < -0.4 is 0 Å². The van der Waals surface area contributed by atoms with Crippen molar-refractivity contribution in [3.8, 4) is 0 Å². The number of rotatable bonds is 39. The number of ether oxygens (including phenoxy) is 2. The zero-order valence-electron chi connectivity index (χ0n) is 31.2. The molecule has 0 saturated carbocycles. The molecule has 0 fully saturated rings. The number of aliphatic hydroxyl groups is 2. The molecule has 0 spiro atoms. The maximum Gasteiger partial charge on any atom is 0.472 e. The third kappa shape index (κ3) is 35.3. The Bertz CT molecular complexity index is 724. The van der Waals surface area contributed by atoms with Crippen molar-refractivity contribution in [1.29, 1.82) is 0 Å². The van der Waals surface area contributed by atoms with Crippen LogP contribution in [0.3, 0.4) is 0 Å². The summed E-state index contributed by atoms with van der Waals surface area (Å²) in [6.07, 6.45) is 32.0. The molecule has 0 saturated heterocycles. The number of phosphoric acid groups is 1. The van der Waals surface area contributed by atoms with E-state index in [1.165, 1.54) is 141 Å². The van der Waals surface area contributed by atoms with Gasteiger partial charge in [0.1, 0.15) is 12.2 Å². The number of phosphoric ester groups is 1. The summed E-state index contributed by atoms with van der Waals surface area (Å²) in [5.41, 5.74) is 0. The Labute approximate surface area is 295 Å². The zero-order chi connectivity index (χ0) is 35.4. The minimum Gasteiger partial charge on any atom is -0.457 e. The number of carbonyl (C=O) groups excluding carboxylic acids is 1. The molecule has 3 atom stereocenters. The maximum atomic E-state index is 12.5. The van der Waals surface area contributed by atoms with Crippen molar-refractivity contribution in [2.24, 2.45) is 0 Å². The number of unbranched alkanes of at least 4 members (excludes halogenated alkanes) is 25. The summed E-state index contributed by atoms with van der Waals surface area (Å²) in [5, 5.41) is 18.3. The van der Waals surface area contributed by atoms with Crippen LogP contribution in [-0.4, -0.2) is 66.3 Å². The van der Waals surface area contributed by atoms with Gasteiger partial charge in [-0.2, -0.15) is 0 Å². The number of hydrogen-bond donors (Lipinski definition) is 3. The molecule has 0 heterocycles. The van der Waals surface area contributed by atoms with E-state index in [0.717, 1.165) is 32.1 Å². The molecule has 0 aliphatic carbocycles. The van der Waals surface area contributed by atoms with Crippen LogP contribution in [0, 0.1) is 0 Å². The van der Waals surface area contributed by atoms with E-state index in [1.807, 2.05) is 0 Å². The van der Waals surface area contributed by atoms with Gasteiger partial charge in [0.25, 0.3) is 0 Å². The molecule has 0 rings (SSSR count). The second-order valence-corrected chi connectivity index (χ2v) is 15.1. The third-order valence-corrected chi connectivity index (χ3v) is 9.74. The van der Waals surface area contributed by atoms with Crippen LogP contribution in [0.5, 0.6) is 0 Å². The Kier molecular flexibility index (Phi) is 35.8. The lowest BCUT2D eigenvalue weighted by atomic mass is 10.0. The molecular formula is C38H77O9P.